The van der Waals surface area contributed by atoms with Crippen molar-refractivity contribution in [2.45, 2.75) is 18.2 Å². The molecule has 0 bridgehead atoms. The summed E-state index contributed by atoms with van der Waals surface area (Å²) in [5, 5.41) is 0. The van der Waals surface area contributed by atoms with Gasteiger partial charge in [-0.05, 0) is 37.1 Å². The van der Waals surface area contributed by atoms with Crippen LogP contribution in [0.1, 0.15) is 11.1 Å². The van der Waals surface area contributed by atoms with Gasteiger partial charge in [-0.25, -0.2) is 12.8 Å². The number of halogens is 1. The first-order chi connectivity index (χ1) is 10.5. The molecule has 0 amide bonds. The largest absolute Gasteiger partial charge is 0.494 e. The van der Waals surface area contributed by atoms with E-state index in [9.17, 15) is 12.8 Å². The molecular weight excluding hydrogens is 307 g/mol. The van der Waals surface area contributed by atoms with E-state index in [-0.39, 0.29) is 16.2 Å². The quantitative estimate of drug-likeness (QED) is 0.870. The lowest BCUT2D eigenvalue weighted by molar-refractivity contribution is 0.384. The topological polar surface area (TPSA) is 59.5 Å². The smallest absolute Gasteiger partial charge is 0.264 e. The molecule has 116 valence electrons. The van der Waals surface area contributed by atoms with E-state index in [0.717, 1.165) is 5.56 Å². The van der Waals surface area contributed by atoms with Gasteiger partial charge in [0.2, 0.25) is 0 Å². The van der Waals surface area contributed by atoms with Crippen molar-refractivity contribution in [2.24, 2.45) is 0 Å². The van der Waals surface area contributed by atoms with E-state index in [0.29, 0.717) is 18.7 Å². The van der Waals surface area contributed by atoms with Gasteiger partial charge in [-0.3, -0.25) is 9.29 Å². The van der Waals surface area contributed by atoms with E-state index < -0.39 is 15.8 Å². The van der Waals surface area contributed by atoms with Gasteiger partial charge in [-0.2, -0.15) is 0 Å². The van der Waals surface area contributed by atoms with Gasteiger partial charge in [0.1, 0.15) is 0 Å². The SMILES string of the molecule is COc1ccc(S(=O)(=O)N2CCc3cnccc32)c(C)c1F. The lowest BCUT2D eigenvalue weighted by Crippen LogP contribution is -2.29. The molecule has 1 aliphatic heterocycles. The first kappa shape index (κ1) is 14.8. The summed E-state index contributed by atoms with van der Waals surface area (Å²) >= 11 is 0. The normalized spacial score (nSPS) is 14.0. The molecule has 0 spiro atoms. The Morgan fingerprint density at radius 2 is 2.09 bits per heavy atom. The lowest BCUT2D eigenvalue weighted by Gasteiger charge is -2.21. The predicted molar refractivity (Wildman–Crippen MR) is 80.2 cm³/mol. The Hall–Kier alpha value is -2.15. The van der Waals surface area contributed by atoms with Crippen LogP contribution in [0.2, 0.25) is 0 Å². The van der Waals surface area contributed by atoms with Crippen molar-refractivity contribution in [1.29, 1.82) is 0 Å². The summed E-state index contributed by atoms with van der Waals surface area (Å²) in [7, 11) is -2.48. The molecule has 0 aliphatic carbocycles. The first-order valence-corrected chi connectivity index (χ1v) is 8.19. The Balaban J connectivity index is 2.11. The molecule has 0 atom stereocenters. The van der Waals surface area contributed by atoms with Gasteiger partial charge >= 0.3 is 0 Å². The fourth-order valence-electron chi connectivity index (χ4n) is 2.65. The van der Waals surface area contributed by atoms with Crippen LogP contribution in [-0.4, -0.2) is 27.1 Å². The number of benzene rings is 1. The van der Waals surface area contributed by atoms with Crippen LogP contribution in [0.15, 0.2) is 35.5 Å². The molecule has 7 heteroatoms. The molecule has 2 heterocycles. The number of sulfonamides is 1. The minimum absolute atomic E-state index is 0.0301. The summed E-state index contributed by atoms with van der Waals surface area (Å²) < 4.78 is 46.1. The number of pyridine rings is 1. The highest BCUT2D eigenvalue weighted by Crippen LogP contribution is 2.34. The second kappa shape index (κ2) is 5.24. The molecule has 5 nitrogen and oxygen atoms in total. The maximum Gasteiger partial charge on any atom is 0.264 e. The van der Waals surface area contributed by atoms with Crippen molar-refractivity contribution < 1.29 is 17.5 Å². The van der Waals surface area contributed by atoms with E-state index in [1.54, 1.807) is 18.5 Å². The number of hydrogen-bond donors (Lipinski definition) is 0. The zero-order valence-electron chi connectivity index (χ0n) is 12.2. The van der Waals surface area contributed by atoms with E-state index >= 15 is 0 Å². The van der Waals surface area contributed by atoms with E-state index in [4.69, 9.17) is 4.74 Å². The number of nitrogens with zero attached hydrogens (tertiary/aromatic N) is 2. The number of fused-ring (bicyclic) bond motifs is 1. The van der Waals surface area contributed by atoms with Gasteiger partial charge in [0.05, 0.1) is 17.7 Å². The molecule has 1 aromatic heterocycles. The second-order valence-electron chi connectivity index (χ2n) is 5.04. The average molecular weight is 322 g/mol. The van der Waals surface area contributed by atoms with Gasteiger partial charge in [-0.1, -0.05) is 0 Å². The monoisotopic (exact) mass is 322 g/mol. The van der Waals surface area contributed by atoms with Crippen molar-refractivity contribution >= 4 is 15.7 Å². The Bertz CT molecular complexity index is 837. The minimum atomic E-state index is -3.82. The molecule has 0 saturated carbocycles. The van der Waals surface area contributed by atoms with Crippen LogP contribution in [0.3, 0.4) is 0 Å². The standard InChI is InChI=1S/C15H15FN2O3S/c1-10-14(4-3-13(21-2)15(10)16)22(19,20)18-8-6-11-9-17-7-5-12(11)18/h3-5,7,9H,6,8H2,1-2H3. The zero-order chi connectivity index (χ0) is 15.9. The van der Waals surface area contributed by atoms with Crippen molar-refractivity contribution in [3.05, 3.63) is 47.5 Å². The van der Waals surface area contributed by atoms with Crippen LogP contribution < -0.4 is 9.04 Å². The Kier molecular flexibility index (Phi) is 3.52. The summed E-state index contributed by atoms with van der Waals surface area (Å²) in [5.41, 5.74) is 1.53. The minimum Gasteiger partial charge on any atom is -0.494 e. The summed E-state index contributed by atoms with van der Waals surface area (Å²) in [4.78, 5) is 3.96. The molecule has 0 unspecified atom stereocenters. The van der Waals surface area contributed by atoms with Crippen LogP contribution in [0.5, 0.6) is 5.75 Å². The van der Waals surface area contributed by atoms with Crippen molar-refractivity contribution in [1.82, 2.24) is 4.98 Å². The van der Waals surface area contributed by atoms with Gasteiger partial charge < -0.3 is 4.74 Å². The first-order valence-electron chi connectivity index (χ1n) is 6.75. The molecule has 1 aliphatic rings. The van der Waals surface area contributed by atoms with Crippen LogP contribution >= 0.6 is 0 Å². The molecule has 0 fully saturated rings. The molecular formula is C15H15FN2O3S. The van der Waals surface area contributed by atoms with E-state index in [2.05, 4.69) is 4.98 Å². The van der Waals surface area contributed by atoms with E-state index in [1.165, 1.54) is 30.5 Å². The molecule has 22 heavy (non-hydrogen) atoms. The molecule has 0 radical (unpaired) electrons. The van der Waals surface area contributed by atoms with Crippen molar-refractivity contribution in [3.63, 3.8) is 0 Å². The maximum absolute atomic E-state index is 14.2. The Labute approximate surface area is 128 Å². The highest BCUT2D eigenvalue weighted by atomic mass is 32.2. The van der Waals surface area contributed by atoms with Crippen molar-refractivity contribution in [3.8, 4) is 5.75 Å². The van der Waals surface area contributed by atoms with Crippen LogP contribution in [0.25, 0.3) is 0 Å². The third kappa shape index (κ3) is 2.12. The summed E-state index contributed by atoms with van der Waals surface area (Å²) in [6, 6.07) is 4.37. The number of anilines is 1. The maximum atomic E-state index is 14.2. The molecule has 0 N–H and O–H groups in total. The Morgan fingerprint density at radius 3 is 2.82 bits per heavy atom. The fraction of sp³-hybridized carbons (Fsp3) is 0.267. The molecule has 2 aromatic rings. The number of ether oxygens (including phenoxy) is 1. The summed E-state index contributed by atoms with van der Waals surface area (Å²) in [6.45, 7) is 1.77. The molecule has 3 rings (SSSR count). The fourth-order valence-corrected chi connectivity index (χ4v) is 4.37. The van der Waals surface area contributed by atoms with Gasteiger partial charge in [0.25, 0.3) is 10.0 Å². The lowest BCUT2D eigenvalue weighted by atomic mass is 10.2. The van der Waals surface area contributed by atoms with E-state index in [1.807, 2.05) is 0 Å². The summed E-state index contributed by atoms with van der Waals surface area (Å²) in [6.07, 6.45) is 3.81. The second-order valence-corrected chi connectivity index (χ2v) is 6.87. The predicted octanol–water partition coefficient (Wildman–Crippen LogP) is 2.29. The highest BCUT2D eigenvalue weighted by molar-refractivity contribution is 7.93. The third-order valence-corrected chi connectivity index (χ3v) is 5.78. The zero-order valence-corrected chi connectivity index (χ0v) is 13.0. The van der Waals surface area contributed by atoms with Gasteiger partial charge in [0.15, 0.2) is 11.6 Å². The summed E-state index contributed by atoms with van der Waals surface area (Å²) in [5.74, 6) is -0.625. The molecule has 0 saturated heterocycles. The third-order valence-electron chi connectivity index (χ3n) is 3.82. The highest BCUT2D eigenvalue weighted by Gasteiger charge is 2.32. The van der Waals surface area contributed by atoms with Gasteiger partial charge in [0, 0.05) is 24.5 Å². The van der Waals surface area contributed by atoms with Crippen LogP contribution in [-0.2, 0) is 16.4 Å². The van der Waals surface area contributed by atoms with Gasteiger partial charge in [-0.15, -0.1) is 0 Å². The number of methoxy groups -OCH3 is 1. The molecule has 1 aromatic carbocycles. The average Bonchev–Trinajstić information content (AvgIpc) is 2.94. The Morgan fingerprint density at radius 1 is 1.32 bits per heavy atom. The number of rotatable bonds is 3. The van der Waals surface area contributed by atoms with Crippen LogP contribution in [0, 0.1) is 12.7 Å². The number of hydrogen-bond acceptors (Lipinski definition) is 4. The number of aromatic nitrogens is 1. The van der Waals surface area contributed by atoms with Crippen LogP contribution in [0.4, 0.5) is 10.1 Å². The van der Waals surface area contributed by atoms with Crippen molar-refractivity contribution in [2.75, 3.05) is 18.0 Å².